The van der Waals surface area contributed by atoms with Gasteiger partial charge in [0, 0.05) is 12.6 Å². The van der Waals surface area contributed by atoms with Gasteiger partial charge >= 0.3 is 0 Å². The van der Waals surface area contributed by atoms with Crippen molar-refractivity contribution in [1.29, 1.82) is 0 Å². The highest BCUT2D eigenvalue weighted by Crippen LogP contribution is 2.23. The van der Waals surface area contributed by atoms with Crippen LogP contribution >= 0.6 is 0 Å². The van der Waals surface area contributed by atoms with E-state index in [1.807, 2.05) is 44.2 Å². The largest absolute Gasteiger partial charge is 0.494 e. The van der Waals surface area contributed by atoms with Crippen LogP contribution in [0.15, 0.2) is 54.6 Å². The van der Waals surface area contributed by atoms with E-state index in [0.717, 1.165) is 41.8 Å². The molecular weight excluding hydrogens is 490 g/mol. The number of carbonyl (C=O) groups is 2. The highest BCUT2D eigenvalue weighted by Gasteiger charge is 2.32. The highest BCUT2D eigenvalue weighted by atomic mass is 32.2. The maximum Gasteiger partial charge on any atom is 0.244 e. The third-order valence-electron chi connectivity index (χ3n) is 6.65. The summed E-state index contributed by atoms with van der Waals surface area (Å²) in [6, 6.07) is 15.4. The second-order valence-electron chi connectivity index (χ2n) is 9.47. The SMILES string of the molecule is CCOc1ccc(N(CC(=O)N(Cc2ccccc2)[C@H](CC)C(=O)NC2CCCCC2)S(C)(=O)=O)cc1. The fourth-order valence-corrected chi connectivity index (χ4v) is 5.58. The molecule has 0 aliphatic heterocycles. The van der Waals surface area contributed by atoms with E-state index in [-0.39, 0.29) is 18.5 Å². The minimum atomic E-state index is -3.78. The van der Waals surface area contributed by atoms with Crippen LogP contribution in [0.1, 0.15) is 57.9 Å². The van der Waals surface area contributed by atoms with E-state index < -0.39 is 28.5 Å². The van der Waals surface area contributed by atoms with E-state index in [4.69, 9.17) is 4.74 Å². The summed E-state index contributed by atoms with van der Waals surface area (Å²) in [5, 5.41) is 3.15. The van der Waals surface area contributed by atoms with E-state index in [1.54, 1.807) is 24.3 Å². The Bertz CT molecular complexity index is 1120. The Balaban J connectivity index is 1.87. The molecule has 2 aromatic rings. The monoisotopic (exact) mass is 529 g/mol. The van der Waals surface area contributed by atoms with Crippen molar-refractivity contribution in [2.75, 3.05) is 23.7 Å². The molecule has 0 saturated heterocycles. The minimum Gasteiger partial charge on any atom is -0.494 e. The van der Waals surface area contributed by atoms with Gasteiger partial charge in [-0.3, -0.25) is 13.9 Å². The smallest absolute Gasteiger partial charge is 0.244 e. The van der Waals surface area contributed by atoms with Crippen molar-refractivity contribution in [1.82, 2.24) is 10.2 Å². The number of nitrogens with zero attached hydrogens (tertiary/aromatic N) is 2. The third-order valence-corrected chi connectivity index (χ3v) is 7.79. The molecule has 202 valence electrons. The molecule has 1 N–H and O–H groups in total. The summed E-state index contributed by atoms with van der Waals surface area (Å²) in [7, 11) is -3.78. The van der Waals surface area contributed by atoms with Crippen LogP contribution in [0, 0.1) is 0 Å². The summed E-state index contributed by atoms with van der Waals surface area (Å²) in [5.74, 6) is -0.0124. The number of amides is 2. The number of benzene rings is 2. The number of hydrogen-bond donors (Lipinski definition) is 1. The summed E-state index contributed by atoms with van der Waals surface area (Å²) in [6.45, 7) is 4.02. The number of carbonyl (C=O) groups excluding carboxylic acids is 2. The van der Waals surface area contributed by atoms with Gasteiger partial charge in [0.2, 0.25) is 21.8 Å². The summed E-state index contributed by atoms with van der Waals surface area (Å²) in [4.78, 5) is 28.7. The summed E-state index contributed by atoms with van der Waals surface area (Å²) < 4.78 is 32.0. The van der Waals surface area contributed by atoms with Crippen molar-refractivity contribution >= 4 is 27.5 Å². The first-order valence-corrected chi connectivity index (χ1v) is 14.9. The average Bonchev–Trinajstić information content (AvgIpc) is 2.88. The van der Waals surface area contributed by atoms with E-state index >= 15 is 0 Å². The van der Waals surface area contributed by atoms with E-state index in [2.05, 4.69) is 5.32 Å². The quantitative estimate of drug-likeness (QED) is 0.447. The minimum absolute atomic E-state index is 0.111. The van der Waals surface area contributed by atoms with E-state index in [0.29, 0.717) is 24.5 Å². The van der Waals surface area contributed by atoms with Crippen molar-refractivity contribution < 1.29 is 22.7 Å². The molecule has 2 amide bonds. The summed E-state index contributed by atoms with van der Waals surface area (Å²) >= 11 is 0. The third kappa shape index (κ3) is 8.21. The fourth-order valence-electron chi connectivity index (χ4n) is 4.73. The van der Waals surface area contributed by atoms with Crippen LogP contribution in [-0.2, 0) is 26.2 Å². The first kappa shape index (κ1) is 28.5. The zero-order valence-electron chi connectivity index (χ0n) is 22.1. The molecular formula is C28H39N3O5S. The Morgan fingerprint density at radius 2 is 1.65 bits per heavy atom. The molecule has 1 aliphatic rings. The Kier molecular flexibility index (Phi) is 10.4. The van der Waals surface area contributed by atoms with Crippen LogP contribution in [0.25, 0.3) is 0 Å². The van der Waals surface area contributed by atoms with Crippen molar-refractivity contribution in [2.24, 2.45) is 0 Å². The summed E-state index contributed by atoms with van der Waals surface area (Å²) in [5.41, 5.74) is 1.23. The van der Waals surface area contributed by atoms with Crippen LogP contribution in [0.4, 0.5) is 5.69 Å². The maximum absolute atomic E-state index is 13.8. The number of hydrogen-bond acceptors (Lipinski definition) is 5. The molecule has 8 nitrogen and oxygen atoms in total. The average molecular weight is 530 g/mol. The lowest BCUT2D eigenvalue weighted by Crippen LogP contribution is -2.53. The molecule has 0 spiro atoms. The van der Waals surface area contributed by atoms with Gasteiger partial charge in [-0.2, -0.15) is 0 Å². The maximum atomic E-state index is 13.8. The molecule has 2 aromatic carbocycles. The Morgan fingerprint density at radius 1 is 1.00 bits per heavy atom. The van der Waals surface area contributed by atoms with E-state index in [9.17, 15) is 18.0 Å². The lowest BCUT2D eigenvalue weighted by Gasteiger charge is -2.34. The second kappa shape index (κ2) is 13.5. The van der Waals surface area contributed by atoms with Crippen molar-refractivity contribution in [3.05, 3.63) is 60.2 Å². The zero-order chi connectivity index (χ0) is 26.8. The second-order valence-corrected chi connectivity index (χ2v) is 11.4. The topological polar surface area (TPSA) is 96.0 Å². The van der Waals surface area contributed by atoms with Crippen molar-refractivity contribution in [3.63, 3.8) is 0 Å². The number of sulfonamides is 1. The van der Waals surface area contributed by atoms with Crippen molar-refractivity contribution in [2.45, 2.75) is 71.0 Å². The Labute approximate surface area is 221 Å². The van der Waals surface area contributed by atoms with Gasteiger partial charge in [-0.15, -0.1) is 0 Å². The van der Waals surface area contributed by atoms with Gasteiger partial charge in [-0.05, 0) is 56.0 Å². The van der Waals surface area contributed by atoms with Gasteiger partial charge in [-0.1, -0.05) is 56.5 Å². The first-order valence-electron chi connectivity index (χ1n) is 13.1. The number of nitrogens with one attached hydrogen (secondary N) is 1. The van der Waals surface area contributed by atoms with Crippen LogP contribution in [0.5, 0.6) is 5.75 Å². The normalized spacial score (nSPS) is 15.0. The molecule has 1 saturated carbocycles. The molecule has 0 heterocycles. The van der Waals surface area contributed by atoms with Crippen LogP contribution in [0.3, 0.4) is 0 Å². The lowest BCUT2D eigenvalue weighted by atomic mass is 9.95. The Morgan fingerprint density at radius 3 is 2.22 bits per heavy atom. The lowest BCUT2D eigenvalue weighted by molar-refractivity contribution is -0.140. The van der Waals surface area contributed by atoms with Crippen LogP contribution in [0.2, 0.25) is 0 Å². The standard InChI is InChI=1S/C28H39N3O5S/c1-4-26(28(33)29-23-14-10-7-11-15-23)30(20-22-12-8-6-9-13-22)27(32)21-31(37(3,34)35)24-16-18-25(19-17-24)36-5-2/h6,8-9,12-13,16-19,23,26H,4-5,7,10-11,14-15,20-21H2,1-3H3,(H,29,33)/t26-/m1/s1. The van der Waals surface area contributed by atoms with Gasteiger partial charge in [-0.25, -0.2) is 8.42 Å². The number of anilines is 1. The zero-order valence-corrected chi connectivity index (χ0v) is 22.9. The molecule has 9 heteroatoms. The molecule has 0 radical (unpaired) electrons. The van der Waals surface area contributed by atoms with Crippen LogP contribution in [-0.4, -0.2) is 56.6 Å². The molecule has 37 heavy (non-hydrogen) atoms. The van der Waals surface area contributed by atoms with Gasteiger partial charge in [0.25, 0.3) is 0 Å². The molecule has 0 unspecified atom stereocenters. The first-order chi connectivity index (χ1) is 17.7. The van der Waals surface area contributed by atoms with Gasteiger partial charge < -0.3 is 15.0 Å². The molecule has 3 rings (SSSR count). The molecule has 1 aliphatic carbocycles. The highest BCUT2D eigenvalue weighted by molar-refractivity contribution is 7.92. The van der Waals surface area contributed by atoms with Crippen molar-refractivity contribution in [3.8, 4) is 5.75 Å². The molecule has 0 bridgehead atoms. The van der Waals surface area contributed by atoms with Gasteiger partial charge in [0.05, 0.1) is 18.6 Å². The molecule has 0 aromatic heterocycles. The van der Waals surface area contributed by atoms with E-state index in [1.165, 1.54) is 11.3 Å². The van der Waals surface area contributed by atoms with Gasteiger partial charge in [0.1, 0.15) is 18.3 Å². The molecule has 1 atom stereocenters. The van der Waals surface area contributed by atoms with Crippen LogP contribution < -0.4 is 14.4 Å². The Hall–Kier alpha value is -3.07. The number of ether oxygens (including phenoxy) is 1. The van der Waals surface area contributed by atoms with Gasteiger partial charge in [0.15, 0.2) is 0 Å². The predicted octanol–water partition coefficient (Wildman–Crippen LogP) is 4.11. The predicted molar refractivity (Wildman–Crippen MR) is 146 cm³/mol. The number of rotatable bonds is 12. The molecule has 1 fully saturated rings. The summed E-state index contributed by atoms with van der Waals surface area (Å²) in [6.07, 6.45) is 6.71. The fraction of sp³-hybridized carbons (Fsp3) is 0.500.